The Hall–Kier alpha value is -3.02. The summed E-state index contributed by atoms with van der Waals surface area (Å²) < 4.78 is 7.75. The SMILES string of the molecule is C[C@H]1CN(C(=O)c2cc3ccoc3n2[C@@H](C)c2ccccc2)CCN1C(=O)C(C)(C)C. The van der Waals surface area contributed by atoms with E-state index in [2.05, 4.69) is 19.1 Å². The molecule has 1 aromatic carbocycles. The van der Waals surface area contributed by atoms with Crippen molar-refractivity contribution in [1.29, 1.82) is 0 Å². The second kappa shape index (κ2) is 7.91. The maximum atomic E-state index is 13.6. The summed E-state index contributed by atoms with van der Waals surface area (Å²) in [5.74, 6) is 0.106. The van der Waals surface area contributed by atoms with Gasteiger partial charge in [0.25, 0.3) is 5.91 Å². The number of amides is 2. The van der Waals surface area contributed by atoms with E-state index in [1.807, 2.05) is 72.4 Å². The fourth-order valence-corrected chi connectivity index (χ4v) is 4.41. The zero-order valence-corrected chi connectivity index (χ0v) is 19.0. The first-order valence-corrected chi connectivity index (χ1v) is 10.9. The monoisotopic (exact) mass is 421 g/mol. The maximum Gasteiger partial charge on any atom is 0.270 e. The third kappa shape index (κ3) is 3.87. The summed E-state index contributed by atoms with van der Waals surface area (Å²) >= 11 is 0. The van der Waals surface area contributed by atoms with Crippen LogP contribution in [0, 0.1) is 5.41 Å². The third-order valence-electron chi connectivity index (χ3n) is 6.15. The zero-order valence-electron chi connectivity index (χ0n) is 19.0. The molecule has 31 heavy (non-hydrogen) atoms. The Labute approximate surface area is 183 Å². The molecule has 0 saturated carbocycles. The normalized spacial score (nSPS) is 18.4. The summed E-state index contributed by atoms with van der Waals surface area (Å²) in [6, 6.07) is 13.8. The van der Waals surface area contributed by atoms with Crippen LogP contribution in [-0.4, -0.2) is 51.9 Å². The molecule has 0 aliphatic carbocycles. The highest BCUT2D eigenvalue weighted by molar-refractivity contribution is 5.98. The van der Waals surface area contributed by atoms with Gasteiger partial charge >= 0.3 is 0 Å². The van der Waals surface area contributed by atoms with Crippen molar-refractivity contribution in [2.75, 3.05) is 19.6 Å². The summed E-state index contributed by atoms with van der Waals surface area (Å²) in [5, 5.41) is 0.917. The number of carbonyl (C=O) groups excluding carboxylic acids is 2. The number of aromatic nitrogens is 1. The molecule has 6 heteroatoms. The predicted molar refractivity (Wildman–Crippen MR) is 121 cm³/mol. The lowest BCUT2D eigenvalue weighted by atomic mass is 9.93. The van der Waals surface area contributed by atoms with Crippen LogP contribution in [0.15, 0.2) is 53.1 Å². The molecule has 2 amide bonds. The first-order chi connectivity index (χ1) is 14.7. The molecule has 3 heterocycles. The van der Waals surface area contributed by atoms with E-state index < -0.39 is 5.41 Å². The lowest BCUT2D eigenvalue weighted by Crippen LogP contribution is -2.57. The molecule has 164 valence electrons. The minimum Gasteiger partial charge on any atom is -0.448 e. The van der Waals surface area contributed by atoms with E-state index in [0.717, 1.165) is 10.9 Å². The van der Waals surface area contributed by atoms with E-state index in [-0.39, 0.29) is 23.9 Å². The Bertz CT molecular complexity index is 1090. The fraction of sp³-hybridized carbons (Fsp3) is 0.440. The van der Waals surface area contributed by atoms with Crippen LogP contribution < -0.4 is 0 Å². The topological polar surface area (TPSA) is 58.7 Å². The van der Waals surface area contributed by atoms with E-state index in [4.69, 9.17) is 4.42 Å². The molecule has 3 aromatic rings. The van der Waals surface area contributed by atoms with Crippen molar-refractivity contribution in [2.45, 2.75) is 46.7 Å². The van der Waals surface area contributed by atoms with E-state index in [9.17, 15) is 9.59 Å². The first kappa shape index (κ1) is 21.2. The summed E-state index contributed by atoms with van der Waals surface area (Å²) in [4.78, 5) is 30.1. The zero-order chi connectivity index (χ0) is 22.3. The predicted octanol–water partition coefficient (Wildman–Crippen LogP) is 4.56. The number of rotatable bonds is 3. The molecule has 1 aliphatic rings. The van der Waals surface area contributed by atoms with Crippen LogP contribution in [0.1, 0.15) is 56.7 Å². The molecule has 2 atom stereocenters. The van der Waals surface area contributed by atoms with Crippen LogP contribution in [0.5, 0.6) is 0 Å². The van der Waals surface area contributed by atoms with Gasteiger partial charge in [-0.05, 0) is 31.5 Å². The molecule has 2 aromatic heterocycles. The fourth-order valence-electron chi connectivity index (χ4n) is 4.41. The lowest BCUT2D eigenvalue weighted by molar-refractivity contribution is -0.143. The van der Waals surface area contributed by atoms with Crippen molar-refractivity contribution >= 4 is 22.9 Å². The van der Waals surface area contributed by atoms with Crippen molar-refractivity contribution in [3.8, 4) is 0 Å². The Morgan fingerprint density at radius 2 is 1.81 bits per heavy atom. The molecule has 1 saturated heterocycles. The van der Waals surface area contributed by atoms with Crippen molar-refractivity contribution in [3.63, 3.8) is 0 Å². The number of furan rings is 1. The summed E-state index contributed by atoms with van der Waals surface area (Å²) in [6.07, 6.45) is 1.66. The van der Waals surface area contributed by atoms with Crippen LogP contribution in [0.3, 0.4) is 0 Å². The molecular weight excluding hydrogens is 390 g/mol. The largest absolute Gasteiger partial charge is 0.448 e. The van der Waals surface area contributed by atoms with Crippen molar-refractivity contribution in [3.05, 3.63) is 60.0 Å². The standard InChI is InChI=1S/C25H31N3O3/c1-17-16-26(12-13-27(17)24(30)25(3,4)5)22(29)21-15-20-11-14-31-23(20)28(21)18(2)19-9-7-6-8-10-19/h6-11,14-15,17-18H,12-13,16H2,1-5H3/t17-,18-/m0/s1. The van der Waals surface area contributed by atoms with Crippen molar-refractivity contribution < 1.29 is 14.0 Å². The highest BCUT2D eigenvalue weighted by Gasteiger charge is 2.36. The first-order valence-electron chi connectivity index (χ1n) is 10.9. The van der Waals surface area contributed by atoms with Crippen LogP contribution in [-0.2, 0) is 4.79 Å². The number of benzene rings is 1. The molecule has 1 fully saturated rings. The molecule has 0 unspecified atom stereocenters. The maximum absolute atomic E-state index is 13.6. The van der Waals surface area contributed by atoms with Crippen LogP contribution in [0.2, 0.25) is 0 Å². The molecule has 1 aliphatic heterocycles. The van der Waals surface area contributed by atoms with Crippen LogP contribution in [0.25, 0.3) is 11.1 Å². The average Bonchev–Trinajstić information content (AvgIpc) is 3.33. The smallest absolute Gasteiger partial charge is 0.270 e. The highest BCUT2D eigenvalue weighted by Crippen LogP contribution is 2.30. The van der Waals surface area contributed by atoms with Crippen LogP contribution >= 0.6 is 0 Å². The van der Waals surface area contributed by atoms with Gasteiger partial charge in [0.1, 0.15) is 5.69 Å². The molecule has 0 radical (unpaired) electrons. The summed E-state index contributed by atoms with van der Waals surface area (Å²) in [6.45, 7) is 11.5. The van der Waals surface area contributed by atoms with Crippen molar-refractivity contribution in [1.82, 2.24) is 14.4 Å². The number of carbonyl (C=O) groups is 2. The number of fused-ring (bicyclic) bond motifs is 1. The highest BCUT2D eigenvalue weighted by atomic mass is 16.3. The average molecular weight is 422 g/mol. The number of hydrogen-bond acceptors (Lipinski definition) is 3. The van der Waals surface area contributed by atoms with Gasteiger partial charge < -0.3 is 14.2 Å². The van der Waals surface area contributed by atoms with Crippen LogP contribution in [0.4, 0.5) is 0 Å². The van der Waals surface area contributed by atoms with Gasteiger partial charge in [-0.1, -0.05) is 51.1 Å². The van der Waals surface area contributed by atoms with E-state index in [1.165, 1.54) is 0 Å². The van der Waals surface area contributed by atoms with E-state index >= 15 is 0 Å². The van der Waals surface area contributed by atoms with E-state index in [1.54, 1.807) is 6.26 Å². The Morgan fingerprint density at radius 3 is 2.45 bits per heavy atom. The summed E-state index contributed by atoms with van der Waals surface area (Å²) in [5.41, 5.74) is 2.01. The minimum absolute atomic E-state index is 0.0242. The molecule has 6 nitrogen and oxygen atoms in total. The number of nitrogens with zero attached hydrogens (tertiary/aromatic N) is 3. The number of hydrogen-bond donors (Lipinski definition) is 0. The lowest BCUT2D eigenvalue weighted by Gasteiger charge is -2.42. The van der Waals surface area contributed by atoms with E-state index in [0.29, 0.717) is 31.0 Å². The van der Waals surface area contributed by atoms with Gasteiger partial charge in [-0.15, -0.1) is 0 Å². The number of piperazine rings is 1. The van der Waals surface area contributed by atoms with Gasteiger partial charge in [-0.2, -0.15) is 0 Å². The van der Waals surface area contributed by atoms with Gasteiger partial charge in [-0.25, -0.2) is 0 Å². The summed E-state index contributed by atoms with van der Waals surface area (Å²) in [7, 11) is 0. The molecular formula is C25H31N3O3. The van der Waals surface area contributed by atoms with Gasteiger partial charge in [0.2, 0.25) is 11.6 Å². The molecule has 0 spiro atoms. The van der Waals surface area contributed by atoms with Gasteiger partial charge in [0, 0.05) is 36.5 Å². The van der Waals surface area contributed by atoms with Crippen molar-refractivity contribution in [2.24, 2.45) is 5.41 Å². The molecule has 4 rings (SSSR count). The Balaban J connectivity index is 1.62. The second-order valence-corrected chi connectivity index (χ2v) is 9.52. The quantitative estimate of drug-likeness (QED) is 0.623. The second-order valence-electron chi connectivity index (χ2n) is 9.52. The third-order valence-corrected chi connectivity index (χ3v) is 6.15. The Morgan fingerprint density at radius 1 is 1.10 bits per heavy atom. The van der Waals surface area contributed by atoms with Gasteiger partial charge in [0.15, 0.2) is 0 Å². The Kier molecular flexibility index (Phi) is 5.42. The molecule has 0 bridgehead atoms. The minimum atomic E-state index is -0.426. The van der Waals surface area contributed by atoms with Gasteiger partial charge in [-0.3, -0.25) is 14.2 Å². The van der Waals surface area contributed by atoms with Gasteiger partial charge in [0.05, 0.1) is 12.3 Å². The molecule has 0 N–H and O–H groups in total.